The molecule has 0 saturated heterocycles. The zero-order valence-corrected chi connectivity index (χ0v) is 21.2. The smallest absolute Gasteiger partial charge is 0.182 e. The van der Waals surface area contributed by atoms with Crippen molar-refractivity contribution >= 4 is 34.3 Å². The summed E-state index contributed by atoms with van der Waals surface area (Å²) >= 11 is 0. The van der Waals surface area contributed by atoms with Gasteiger partial charge in [0.15, 0.2) is 5.78 Å². The maximum absolute atomic E-state index is 13.3. The van der Waals surface area contributed by atoms with Crippen LogP contribution in [-0.4, -0.2) is 41.7 Å². The maximum Gasteiger partial charge on any atom is 0.182 e. The van der Waals surface area contributed by atoms with Gasteiger partial charge in [-0.2, -0.15) is 5.26 Å². The van der Waals surface area contributed by atoms with Crippen molar-refractivity contribution in [1.29, 1.82) is 10.7 Å². The SMILES string of the molecule is Br.COc1c(NCC#N)cc(C(=O)CN2Cc3ccc(C4CC4)nc3C2=N)cc1C(C)(C)C. The third-order valence-electron chi connectivity index (χ3n) is 6.01. The molecule has 0 spiro atoms. The van der Waals surface area contributed by atoms with Crippen LogP contribution in [0, 0.1) is 16.7 Å². The van der Waals surface area contributed by atoms with Gasteiger partial charge in [0.1, 0.15) is 23.8 Å². The monoisotopic (exact) mass is 511 g/mol. The van der Waals surface area contributed by atoms with Crippen LogP contribution in [0.25, 0.3) is 0 Å². The zero-order valence-electron chi connectivity index (χ0n) is 19.5. The summed E-state index contributed by atoms with van der Waals surface area (Å²) < 4.78 is 5.63. The number of benzene rings is 1. The largest absolute Gasteiger partial charge is 0.494 e. The number of amidine groups is 1. The fourth-order valence-corrected chi connectivity index (χ4v) is 4.11. The van der Waals surface area contributed by atoms with E-state index in [0.717, 1.165) is 29.7 Å². The Morgan fingerprint density at radius 3 is 2.67 bits per heavy atom. The number of rotatable bonds is 7. The average molecular weight is 512 g/mol. The summed E-state index contributed by atoms with van der Waals surface area (Å²) in [5.74, 6) is 1.39. The van der Waals surface area contributed by atoms with Crippen molar-refractivity contribution in [3.63, 3.8) is 0 Å². The molecule has 1 aliphatic carbocycles. The fraction of sp³-hybridized carbons (Fsp3) is 0.440. The molecule has 2 aromatic rings. The first-order valence-electron chi connectivity index (χ1n) is 10.9. The molecule has 2 N–H and O–H groups in total. The van der Waals surface area contributed by atoms with Crippen LogP contribution in [0.15, 0.2) is 24.3 Å². The Balaban J connectivity index is 0.00000306. The molecule has 0 radical (unpaired) electrons. The fourth-order valence-electron chi connectivity index (χ4n) is 4.11. The predicted molar refractivity (Wildman–Crippen MR) is 134 cm³/mol. The third kappa shape index (κ3) is 5.03. The number of aromatic nitrogens is 1. The molecule has 4 rings (SSSR count). The number of fused-ring (bicyclic) bond motifs is 1. The molecule has 0 unspecified atom stereocenters. The molecular weight excluding hydrogens is 482 g/mol. The first-order chi connectivity index (χ1) is 15.2. The molecular formula is C25H30BrN5O2. The number of ketones is 1. The summed E-state index contributed by atoms with van der Waals surface area (Å²) in [4.78, 5) is 19.8. The van der Waals surface area contributed by atoms with E-state index in [0.29, 0.717) is 41.0 Å². The molecule has 33 heavy (non-hydrogen) atoms. The third-order valence-corrected chi connectivity index (χ3v) is 6.01. The van der Waals surface area contributed by atoms with Crippen LogP contribution in [0.1, 0.15) is 72.4 Å². The van der Waals surface area contributed by atoms with E-state index in [1.807, 2.05) is 12.1 Å². The van der Waals surface area contributed by atoms with Crippen molar-refractivity contribution in [2.75, 3.05) is 25.5 Å². The molecule has 2 heterocycles. The van der Waals surface area contributed by atoms with Crippen molar-refractivity contribution in [3.8, 4) is 11.8 Å². The molecule has 174 valence electrons. The Hall–Kier alpha value is -2.92. The van der Waals surface area contributed by atoms with Crippen molar-refractivity contribution in [2.45, 2.75) is 51.5 Å². The lowest BCUT2D eigenvalue weighted by Gasteiger charge is -2.25. The van der Waals surface area contributed by atoms with Crippen molar-refractivity contribution in [2.24, 2.45) is 0 Å². The topological polar surface area (TPSA) is 102 Å². The Morgan fingerprint density at radius 2 is 2.06 bits per heavy atom. The quantitative estimate of drug-likeness (QED) is 0.408. The van der Waals surface area contributed by atoms with E-state index in [1.54, 1.807) is 18.1 Å². The normalized spacial score (nSPS) is 14.9. The minimum absolute atomic E-state index is 0. The first-order valence-corrected chi connectivity index (χ1v) is 10.9. The van der Waals surface area contributed by atoms with Gasteiger partial charge in [0.05, 0.1) is 25.4 Å². The molecule has 1 fully saturated rings. The van der Waals surface area contributed by atoms with Gasteiger partial charge in [-0.05, 0) is 36.5 Å². The molecule has 7 nitrogen and oxygen atoms in total. The number of carbonyl (C=O) groups excluding carboxylic acids is 1. The molecule has 0 bridgehead atoms. The standard InChI is InChI=1S/C25H29N5O2.BrH/c1-25(2,3)18-11-17(12-20(23(18)32-4)28-10-9-26)21(31)14-30-13-16-7-8-19(15-5-6-15)29-22(16)24(30)27;/h7-8,11-12,15,27-28H,5-6,10,13-14H2,1-4H3;1H. The zero-order chi connectivity index (χ0) is 23.0. The summed E-state index contributed by atoms with van der Waals surface area (Å²) in [6.07, 6.45) is 2.33. The van der Waals surface area contributed by atoms with Crippen LogP contribution in [0.2, 0.25) is 0 Å². The summed E-state index contributed by atoms with van der Waals surface area (Å²) in [6, 6.07) is 9.78. The van der Waals surface area contributed by atoms with Crippen LogP contribution < -0.4 is 10.1 Å². The van der Waals surface area contributed by atoms with Crippen LogP contribution in [0.5, 0.6) is 5.75 Å². The molecule has 1 aromatic carbocycles. The van der Waals surface area contributed by atoms with E-state index in [-0.39, 0.29) is 41.3 Å². The van der Waals surface area contributed by atoms with E-state index in [9.17, 15) is 4.79 Å². The van der Waals surface area contributed by atoms with Crippen LogP contribution >= 0.6 is 17.0 Å². The maximum atomic E-state index is 13.3. The van der Waals surface area contributed by atoms with Crippen molar-refractivity contribution < 1.29 is 9.53 Å². The van der Waals surface area contributed by atoms with E-state index >= 15 is 0 Å². The second kappa shape index (κ2) is 9.52. The summed E-state index contributed by atoms with van der Waals surface area (Å²) in [5, 5.41) is 20.6. The number of nitrogens with zero attached hydrogens (tertiary/aromatic N) is 3. The number of hydrogen-bond acceptors (Lipinski definition) is 6. The van der Waals surface area contributed by atoms with Gasteiger partial charge >= 0.3 is 0 Å². The minimum Gasteiger partial charge on any atom is -0.494 e. The number of methoxy groups -OCH3 is 1. The first kappa shape index (κ1) is 24.7. The Kier molecular flexibility index (Phi) is 7.13. The highest BCUT2D eigenvalue weighted by molar-refractivity contribution is 8.93. The van der Waals surface area contributed by atoms with Gasteiger partial charge in [0.25, 0.3) is 0 Å². The minimum atomic E-state index is -0.259. The lowest BCUT2D eigenvalue weighted by Crippen LogP contribution is -2.30. The van der Waals surface area contributed by atoms with Crippen LogP contribution in [-0.2, 0) is 12.0 Å². The Bertz CT molecular complexity index is 1130. The van der Waals surface area contributed by atoms with E-state index in [2.05, 4.69) is 38.2 Å². The van der Waals surface area contributed by atoms with Crippen molar-refractivity contribution in [1.82, 2.24) is 9.88 Å². The lowest BCUT2D eigenvalue weighted by atomic mass is 9.84. The van der Waals surface area contributed by atoms with Gasteiger partial charge < -0.3 is 15.0 Å². The molecule has 0 atom stereocenters. The Morgan fingerprint density at radius 1 is 1.33 bits per heavy atom. The summed E-state index contributed by atoms with van der Waals surface area (Å²) in [6.45, 7) is 6.90. The molecule has 1 saturated carbocycles. The van der Waals surface area contributed by atoms with E-state index in [4.69, 9.17) is 20.4 Å². The summed E-state index contributed by atoms with van der Waals surface area (Å²) in [7, 11) is 1.59. The van der Waals surface area contributed by atoms with E-state index in [1.165, 1.54) is 0 Å². The summed E-state index contributed by atoms with van der Waals surface area (Å²) in [5.41, 5.74) is 4.54. The van der Waals surface area contributed by atoms with E-state index < -0.39 is 0 Å². The number of halogens is 1. The number of ether oxygens (including phenoxy) is 1. The Labute approximate surface area is 205 Å². The predicted octanol–water partition coefficient (Wildman–Crippen LogP) is 4.80. The highest BCUT2D eigenvalue weighted by Crippen LogP contribution is 2.40. The van der Waals surface area contributed by atoms with Gasteiger partial charge in [-0.15, -0.1) is 17.0 Å². The van der Waals surface area contributed by atoms with Gasteiger partial charge in [0, 0.05) is 34.8 Å². The van der Waals surface area contributed by atoms with Gasteiger partial charge in [-0.1, -0.05) is 26.8 Å². The molecule has 1 aromatic heterocycles. The second-order valence-electron chi connectivity index (χ2n) is 9.51. The van der Waals surface area contributed by atoms with Crippen LogP contribution in [0.4, 0.5) is 5.69 Å². The number of hydrogen-bond donors (Lipinski definition) is 2. The van der Waals surface area contributed by atoms with Gasteiger partial charge in [-0.3, -0.25) is 10.2 Å². The van der Waals surface area contributed by atoms with Crippen LogP contribution in [0.3, 0.4) is 0 Å². The van der Waals surface area contributed by atoms with Crippen molar-refractivity contribution in [3.05, 3.63) is 52.3 Å². The van der Waals surface area contributed by atoms with Gasteiger partial charge in [-0.25, -0.2) is 4.98 Å². The number of carbonyl (C=O) groups is 1. The molecule has 1 aliphatic heterocycles. The highest BCUT2D eigenvalue weighted by Gasteiger charge is 2.32. The highest BCUT2D eigenvalue weighted by atomic mass is 79.9. The number of nitrogens with one attached hydrogen (secondary N) is 2. The molecule has 8 heteroatoms. The molecule has 0 amide bonds. The lowest BCUT2D eigenvalue weighted by molar-refractivity contribution is 0.0962. The molecule has 2 aliphatic rings. The average Bonchev–Trinajstić information content (AvgIpc) is 3.56. The second-order valence-corrected chi connectivity index (χ2v) is 9.51. The van der Waals surface area contributed by atoms with Gasteiger partial charge in [0.2, 0.25) is 0 Å². The number of Topliss-reactive ketones (excluding diaryl/α,β-unsaturated/α-hetero) is 1. The number of nitriles is 1. The number of anilines is 1. The number of pyridine rings is 1.